The minimum atomic E-state index is -0.119. The molecule has 0 saturated heterocycles. The first-order chi connectivity index (χ1) is 13.9. The Morgan fingerprint density at radius 3 is 2.52 bits per heavy atom. The number of benzene rings is 2. The van der Waals surface area contributed by atoms with Gasteiger partial charge >= 0.3 is 0 Å². The summed E-state index contributed by atoms with van der Waals surface area (Å²) in [7, 11) is 3.15. The highest BCUT2D eigenvalue weighted by molar-refractivity contribution is 7.19. The number of phenolic OH excluding ortho intramolecular Hbond substituents is 1. The van der Waals surface area contributed by atoms with Gasteiger partial charge in [0.25, 0.3) is 0 Å². The highest BCUT2D eigenvalue weighted by Crippen LogP contribution is 2.43. The van der Waals surface area contributed by atoms with Crippen molar-refractivity contribution in [3.63, 3.8) is 0 Å². The van der Waals surface area contributed by atoms with Gasteiger partial charge in [0.15, 0.2) is 11.5 Å². The molecule has 1 aromatic heterocycles. The Bertz CT molecular complexity index is 1150. The number of hydrogen-bond donors (Lipinski definition) is 1. The van der Waals surface area contributed by atoms with E-state index in [2.05, 4.69) is 11.1 Å². The first-order valence-corrected chi connectivity index (χ1v) is 9.94. The Morgan fingerprint density at radius 1 is 1.14 bits per heavy atom. The smallest absolute Gasteiger partial charge is 0.161 e. The lowest BCUT2D eigenvalue weighted by Gasteiger charge is -2.09. The van der Waals surface area contributed by atoms with Gasteiger partial charge in [-0.05, 0) is 48.4 Å². The van der Waals surface area contributed by atoms with E-state index in [4.69, 9.17) is 32.7 Å². The first kappa shape index (κ1) is 21.0. The highest BCUT2D eigenvalue weighted by Gasteiger charge is 2.17. The van der Waals surface area contributed by atoms with Crippen LogP contribution < -0.4 is 9.47 Å². The summed E-state index contributed by atoms with van der Waals surface area (Å²) in [5, 5.41) is 20.8. The number of nitriles is 1. The van der Waals surface area contributed by atoms with Crippen LogP contribution in [-0.4, -0.2) is 25.5 Å². The van der Waals surface area contributed by atoms with Crippen LogP contribution in [0.4, 0.5) is 5.00 Å². The Labute approximate surface area is 182 Å². The minimum Gasteiger partial charge on any atom is -0.506 e. The van der Waals surface area contributed by atoms with Crippen LogP contribution in [0, 0.1) is 18.3 Å². The third-order valence-electron chi connectivity index (χ3n) is 4.26. The number of nitrogens with zero attached hydrogens (tertiary/aromatic N) is 2. The lowest BCUT2D eigenvalue weighted by Crippen LogP contribution is -1.90. The fraction of sp³-hybridized carbons (Fsp3) is 0.143. The molecule has 1 N–H and O–H groups in total. The third kappa shape index (κ3) is 4.18. The van der Waals surface area contributed by atoms with Crippen molar-refractivity contribution in [2.45, 2.75) is 6.92 Å². The number of halogens is 2. The molecular weight excluding hydrogens is 431 g/mol. The maximum atomic E-state index is 10.1. The summed E-state index contributed by atoms with van der Waals surface area (Å²) < 4.78 is 10.7. The van der Waals surface area contributed by atoms with Crippen molar-refractivity contribution in [1.82, 2.24) is 0 Å². The second kappa shape index (κ2) is 8.75. The first-order valence-electron chi connectivity index (χ1n) is 8.37. The van der Waals surface area contributed by atoms with Crippen molar-refractivity contribution in [1.29, 1.82) is 5.26 Å². The van der Waals surface area contributed by atoms with Crippen molar-refractivity contribution in [2.75, 3.05) is 14.2 Å². The molecule has 3 rings (SSSR count). The number of rotatable bonds is 5. The average molecular weight is 447 g/mol. The van der Waals surface area contributed by atoms with Crippen LogP contribution >= 0.6 is 34.5 Å². The van der Waals surface area contributed by atoms with Gasteiger partial charge < -0.3 is 14.6 Å². The monoisotopic (exact) mass is 446 g/mol. The number of aliphatic imine (C=N–C) groups is 1. The standard InChI is InChI=1S/C21H16Cl2N2O3S/c1-11-15(9-24)21(25-10-13-6-14(22)8-16(23)19(13)26)29-20(11)12-4-5-17(27-2)18(7-12)28-3/h4-8,10,26H,1-3H3. The molecule has 5 nitrogen and oxygen atoms in total. The predicted molar refractivity (Wildman–Crippen MR) is 118 cm³/mol. The van der Waals surface area contributed by atoms with Crippen molar-refractivity contribution in [3.8, 4) is 33.8 Å². The molecule has 3 aromatic rings. The molecule has 8 heteroatoms. The third-order valence-corrected chi connectivity index (χ3v) is 6.02. The van der Waals surface area contributed by atoms with Gasteiger partial charge in [-0.3, -0.25) is 0 Å². The maximum absolute atomic E-state index is 10.1. The number of hydrogen-bond acceptors (Lipinski definition) is 6. The number of ether oxygens (including phenoxy) is 2. The van der Waals surface area contributed by atoms with Gasteiger partial charge in [0.05, 0.1) is 24.8 Å². The molecule has 0 aliphatic rings. The summed E-state index contributed by atoms with van der Waals surface area (Å²) in [5.74, 6) is 1.10. The zero-order valence-electron chi connectivity index (χ0n) is 15.8. The Hall–Kier alpha value is -2.72. The van der Waals surface area contributed by atoms with Crippen LogP contribution in [0.25, 0.3) is 10.4 Å². The fourth-order valence-corrected chi connectivity index (χ4v) is 4.39. The molecule has 0 aliphatic heterocycles. The molecule has 0 saturated carbocycles. The van der Waals surface area contributed by atoms with E-state index in [1.54, 1.807) is 20.3 Å². The molecule has 0 unspecified atom stereocenters. The van der Waals surface area contributed by atoms with E-state index in [9.17, 15) is 10.4 Å². The van der Waals surface area contributed by atoms with Crippen LogP contribution in [0.15, 0.2) is 35.3 Å². The summed E-state index contributed by atoms with van der Waals surface area (Å²) >= 11 is 13.3. The van der Waals surface area contributed by atoms with Crippen LogP contribution in [-0.2, 0) is 0 Å². The molecule has 148 valence electrons. The quantitative estimate of drug-likeness (QED) is 0.461. The van der Waals surface area contributed by atoms with Crippen LogP contribution in [0.1, 0.15) is 16.7 Å². The zero-order chi connectivity index (χ0) is 21.1. The molecule has 0 radical (unpaired) electrons. The van der Waals surface area contributed by atoms with Gasteiger partial charge in [0.1, 0.15) is 16.8 Å². The lowest BCUT2D eigenvalue weighted by molar-refractivity contribution is 0.355. The lowest BCUT2D eigenvalue weighted by atomic mass is 10.1. The van der Waals surface area contributed by atoms with Crippen molar-refractivity contribution in [2.24, 2.45) is 4.99 Å². The highest BCUT2D eigenvalue weighted by atomic mass is 35.5. The van der Waals surface area contributed by atoms with E-state index in [0.717, 1.165) is 16.0 Å². The van der Waals surface area contributed by atoms with Crippen molar-refractivity contribution in [3.05, 3.63) is 57.1 Å². The van der Waals surface area contributed by atoms with E-state index in [-0.39, 0.29) is 10.8 Å². The van der Waals surface area contributed by atoms with Gasteiger partial charge in [-0.1, -0.05) is 23.2 Å². The number of aromatic hydroxyl groups is 1. The van der Waals surface area contributed by atoms with Crippen LogP contribution in [0.3, 0.4) is 0 Å². The Kier molecular flexibility index (Phi) is 6.33. The molecule has 0 amide bonds. The second-order valence-electron chi connectivity index (χ2n) is 6.00. The fourth-order valence-electron chi connectivity index (χ4n) is 2.79. The molecule has 0 fully saturated rings. The minimum absolute atomic E-state index is 0.119. The maximum Gasteiger partial charge on any atom is 0.161 e. The summed E-state index contributed by atoms with van der Waals surface area (Å²) in [4.78, 5) is 5.30. The molecule has 0 bridgehead atoms. The summed E-state index contributed by atoms with van der Waals surface area (Å²) in [6.07, 6.45) is 1.44. The van der Waals surface area contributed by atoms with Gasteiger partial charge in [-0.2, -0.15) is 5.26 Å². The Morgan fingerprint density at radius 2 is 1.86 bits per heavy atom. The number of phenols is 1. The van der Waals surface area contributed by atoms with Gasteiger partial charge in [0.2, 0.25) is 0 Å². The van der Waals surface area contributed by atoms with Crippen molar-refractivity contribution >= 4 is 45.8 Å². The molecule has 2 aromatic carbocycles. The number of thiophene rings is 1. The van der Waals surface area contributed by atoms with Gasteiger partial charge in [0, 0.05) is 21.7 Å². The molecule has 29 heavy (non-hydrogen) atoms. The van der Waals surface area contributed by atoms with E-state index in [0.29, 0.717) is 32.6 Å². The van der Waals surface area contributed by atoms with Crippen molar-refractivity contribution < 1.29 is 14.6 Å². The summed E-state index contributed by atoms with van der Waals surface area (Å²) in [6.45, 7) is 1.87. The molecule has 0 spiro atoms. The van der Waals surface area contributed by atoms with E-state index < -0.39 is 0 Å². The van der Waals surface area contributed by atoms with Crippen LogP contribution in [0.2, 0.25) is 10.0 Å². The summed E-state index contributed by atoms with van der Waals surface area (Å²) in [6, 6.07) is 10.8. The van der Waals surface area contributed by atoms with Gasteiger partial charge in [-0.25, -0.2) is 4.99 Å². The Balaban J connectivity index is 2.07. The molecule has 1 heterocycles. The summed E-state index contributed by atoms with van der Waals surface area (Å²) in [5.41, 5.74) is 2.52. The van der Waals surface area contributed by atoms with E-state index >= 15 is 0 Å². The normalized spacial score (nSPS) is 10.9. The second-order valence-corrected chi connectivity index (χ2v) is 7.84. The SMILES string of the molecule is COc1ccc(-c2sc(N=Cc3cc(Cl)cc(Cl)c3O)c(C#N)c2C)cc1OC. The largest absolute Gasteiger partial charge is 0.506 e. The average Bonchev–Trinajstić information content (AvgIpc) is 3.04. The molecule has 0 atom stereocenters. The molecular formula is C21H16Cl2N2O3S. The van der Waals surface area contributed by atoms with E-state index in [1.165, 1.54) is 23.6 Å². The zero-order valence-corrected chi connectivity index (χ0v) is 18.1. The van der Waals surface area contributed by atoms with Crippen LogP contribution in [0.5, 0.6) is 17.2 Å². The topological polar surface area (TPSA) is 74.8 Å². The van der Waals surface area contributed by atoms with E-state index in [1.807, 2.05) is 25.1 Å². The molecule has 0 aliphatic carbocycles. The predicted octanol–water partition coefficient (Wildman–Crippen LogP) is 6.38. The van der Waals surface area contributed by atoms with Gasteiger partial charge in [-0.15, -0.1) is 11.3 Å². The number of methoxy groups -OCH3 is 2.